The third-order valence-corrected chi connectivity index (χ3v) is 6.89. The van der Waals surface area contributed by atoms with E-state index in [4.69, 9.17) is 5.14 Å². The lowest BCUT2D eigenvalue weighted by Crippen LogP contribution is -2.38. The predicted molar refractivity (Wildman–Crippen MR) is 114 cm³/mol. The minimum Gasteiger partial charge on any atom is -0.362 e. The molecule has 1 amide bonds. The van der Waals surface area contributed by atoms with E-state index in [2.05, 4.69) is 5.32 Å². The molecule has 1 aliphatic heterocycles. The van der Waals surface area contributed by atoms with Gasteiger partial charge in [0, 0.05) is 17.1 Å². The molecule has 0 saturated carbocycles. The number of carbonyl (C=O) groups is 1. The van der Waals surface area contributed by atoms with E-state index in [0.29, 0.717) is 13.0 Å². The van der Waals surface area contributed by atoms with Crippen molar-refractivity contribution in [1.82, 2.24) is 5.32 Å². The van der Waals surface area contributed by atoms with Crippen molar-refractivity contribution in [3.63, 3.8) is 0 Å². The first kappa shape index (κ1) is 20.5. The van der Waals surface area contributed by atoms with Crippen LogP contribution in [0.5, 0.6) is 0 Å². The van der Waals surface area contributed by atoms with Crippen molar-refractivity contribution in [2.45, 2.75) is 17.4 Å². The molecule has 9 heteroatoms. The van der Waals surface area contributed by atoms with E-state index in [1.807, 2.05) is 22.4 Å². The number of rotatable bonds is 6. The first-order valence-electron chi connectivity index (χ1n) is 9.30. The largest absolute Gasteiger partial charge is 0.362 e. The van der Waals surface area contributed by atoms with Crippen LogP contribution < -0.4 is 15.4 Å². The highest BCUT2D eigenvalue weighted by molar-refractivity contribution is 7.89. The van der Waals surface area contributed by atoms with Crippen LogP contribution in [0.25, 0.3) is 0 Å². The zero-order valence-corrected chi connectivity index (χ0v) is 17.5. The zero-order valence-electron chi connectivity index (χ0n) is 15.9. The molecule has 2 aromatic carbocycles. The Balaban J connectivity index is 1.51. The summed E-state index contributed by atoms with van der Waals surface area (Å²) in [7, 11) is -3.76. The van der Waals surface area contributed by atoms with E-state index >= 15 is 0 Å². The lowest BCUT2D eigenvalue weighted by atomic mass is 10.1. The summed E-state index contributed by atoms with van der Waals surface area (Å²) in [6, 6.07) is 14.3. The van der Waals surface area contributed by atoms with Gasteiger partial charge in [-0.25, -0.2) is 17.9 Å². The summed E-state index contributed by atoms with van der Waals surface area (Å²) in [4.78, 5) is 15.8. The van der Waals surface area contributed by atoms with Crippen LogP contribution in [0.15, 0.2) is 64.9 Å². The molecule has 2 heterocycles. The molecular formula is C21H20FN3O3S2. The number of primary sulfonamides is 1. The van der Waals surface area contributed by atoms with Crippen molar-refractivity contribution >= 4 is 33.0 Å². The third-order valence-electron chi connectivity index (χ3n) is 5.04. The molecule has 1 unspecified atom stereocenters. The Labute approximate surface area is 178 Å². The first-order chi connectivity index (χ1) is 14.3. The summed E-state index contributed by atoms with van der Waals surface area (Å²) in [5.74, 6) is -0.511. The molecule has 1 aromatic heterocycles. The Morgan fingerprint density at radius 1 is 1.20 bits per heavy atom. The van der Waals surface area contributed by atoms with Gasteiger partial charge in [0.25, 0.3) is 0 Å². The summed E-state index contributed by atoms with van der Waals surface area (Å²) in [6.07, 6.45) is 0.637. The fourth-order valence-corrected chi connectivity index (χ4v) is 4.96. The second kappa shape index (κ2) is 8.17. The van der Waals surface area contributed by atoms with Crippen LogP contribution in [0, 0.1) is 5.82 Å². The number of nitrogens with two attached hydrogens (primary N) is 1. The van der Waals surface area contributed by atoms with E-state index in [1.54, 1.807) is 24.3 Å². The number of fused-ring (bicyclic) bond motifs is 1. The smallest absolute Gasteiger partial charge is 0.240 e. The standard InChI is InChI=1S/C21H20FN3O3S2/c22-16-5-3-14(4-6-16)21(19-2-1-11-29-19)24-20(26)13-25-10-9-15-12-17(30(23,27)28)7-8-18(15)25/h1-8,11-12,21H,9-10,13H2,(H,24,26)(H2,23,27,28). The molecule has 0 bridgehead atoms. The van der Waals surface area contributed by atoms with Gasteiger partial charge in [-0.15, -0.1) is 11.3 Å². The molecule has 0 fully saturated rings. The normalized spacial score (nSPS) is 14.4. The van der Waals surface area contributed by atoms with E-state index in [1.165, 1.54) is 29.5 Å². The number of thiophene rings is 1. The minimum atomic E-state index is -3.76. The van der Waals surface area contributed by atoms with Gasteiger partial charge in [-0.1, -0.05) is 18.2 Å². The second-order valence-corrected chi connectivity index (χ2v) is 9.62. The monoisotopic (exact) mass is 445 g/mol. The van der Waals surface area contributed by atoms with Gasteiger partial charge in [-0.2, -0.15) is 0 Å². The molecule has 3 N–H and O–H groups in total. The predicted octanol–water partition coefficient (Wildman–Crippen LogP) is 2.80. The first-order valence-corrected chi connectivity index (χ1v) is 11.7. The fourth-order valence-electron chi connectivity index (χ4n) is 3.60. The number of carbonyl (C=O) groups excluding carboxylic acids is 1. The molecule has 3 aromatic rings. The number of nitrogens with one attached hydrogen (secondary N) is 1. The van der Waals surface area contributed by atoms with E-state index in [9.17, 15) is 17.6 Å². The molecule has 156 valence electrons. The van der Waals surface area contributed by atoms with Crippen LogP contribution in [-0.2, 0) is 21.2 Å². The van der Waals surface area contributed by atoms with E-state index < -0.39 is 10.0 Å². The van der Waals surface area contributed by atoms with Crippen LogP contribution in [-0.4, -0.2) is 27.4 Å². The molecule has 1 atom stereocenters. The van der Waals surface area contributed by atoms with Crippen molar-refractivity contribution in [3.05, 3.63) is 81.8 Å². The molecule has 4 rings (SSSR count). The number of halogens is 1. The van der Waals surface area contributed by atoms with Gasteiger partial charge in [-0.3, -0.25) is 4.79 Å². The number of nitrogens with zero attached hydrogens (tertiary/aromatic N) is 1. The molecule has 0 saturated heterocycles. The molecule has 6 nitrogen and oxygen atoms in total. The number of hydrogen-bond acceptors (Lipinski definition) is 5. The summed E-state index contributed by atoms with van der Waals surface area (Å²) >= 11 is 1.52. The lowest BCUT2D eigenvalue weighted by Gasteiger charge is -2.22. The van der Waals surface area contributed by atoms with Crippen LogP contribution in [0.3, 0.4) is 0 Å². The summed E-state index contributed by atoms with van der Waals surface area (Å²) in [5, 5.41) is 10.2. The maximum Gasteiger partial charge on any atom is 0.240 e. The van der Waals surface area contributed by atoms with Crippen molar-refractivity contribution in [2.24, 2.45) is 5.14 Å². The summed E-state index contributed by atoms with van der Waals surface area (Å²) in [6.45, 7) is 0.738. The molecule has 30 heavy (non-hydrogen) atoms. The third kappa shape index (κ3) is 4.38. The van der Waals surface area contributed by atoms with Crippen LogP contribution >= 0.6 is 11.3 Å². The van der Waals surface area contributed by atoms with Crippen LogP contribution in [0.2, 0.25) is 0 Å². The number of amides is 1. The second-order valence-electron chi connectivity index (χ2n) is 7.07. The maximum absolute atomic E-state index is 13.3. The van der Waals surface area contributed by atoms with Crippen molar-refractivity contribution in [3.8, 4) is 0 Å². The fraction of sp³-hybridized carbons (Fsp3) is 0.190. The number of sulfonamides is 1. The maximum atomic E-state index is 13.3. The quantitative estimate of drug-likeness (QED) is 0.610. The average Bonchev–Trinajstić information content (AvgIpc) is 3.36. The summed E-state index contributed by atoms with van der Waals surface area (Å²) < 4.78 is 36.4. The lowest BCUT2D eigenvalue weighted by molar-refractivity contribution is -0.120. The zero-order chi connectivity index (χ0) is 21.3. The Bertz CT molecular complexity index is 1160. The van der Waals surface area contributed by atoms with Gasteiger partial charge in [0.1, 0.15) is 5.82 Å². The Hall–Kier alpha value is -2.75. The van der Waals surface area contributed by atoms with E-state index in [-0.39, 0.29) is 29.2 Å². The molecular weight excluding hydrogens is 425 g/mol. The van der Waals surface area contributed by atoms with Gasteiger partial charge in [0.15, 0.2) is 0 Å². The van der Waals surface area contributed by atoms with Crippen LogP contribution in [0.1, 0.15) is 22.0 Å². The van der Waals surface area contributed by atoms with Gasteiger partial charge in [-0.05, 0) is 59.3 Å². The van der Waals surface area contributed by atoms with Gasteiger partial charge < -0.3 is 10.2 Å². The highest BCUT2D eigenvalue weighted by Gasteiger charge is 2.25. The van der Waals surface area contributed by atoms with Crippen LogP contribution in [0.4, 0.5) is 10.1 Å². The highest BCUT2D eigenvalue weighted by atomic mass is 32.2. The SMILES string of the molecule is NS(=O)(=O)c1ccc2c(c1)CCN2CC(=O)NC(c1ccc(F)cc1)c1cccs1. The van der Waals surface area contributed by atoms with Gasteiger partial charge >= 0.3 is 0 Å². The van der Waals surface area contributed by atoms with E-state index in [0.717, 1.165) is 21.7 Å². The number of benzene rings is 2. The minimum absolute atomic E-state index is 0.0709. The van der Waals surface area contributed by atoms with Gasteiger partial charge in [0.2, 0.25) is 15.9 Å². The summed E-state index contributed by atoms with van der Waals surface area (Å²) in [5.41, 5.74) is 2.47. The van der Waals surface area contributed by atoms with Gasteiger partial charge in [0.05, 0.1) is 17.5 Å². The molecule has 0 radical (unpaired) electrons. The molecule has 0 spiro atoms. The molecule has 0 aliphatic carbocycles. The van der Waals surface area contributed by atoms with Crippen molar-refractivity contribution in [2.75, 3.05) is 18.0 Å². The Morgan fingerprint density at radius 3 is 2.63 bits per heavy atom. The highest BCUT2D eigenvalue weighted by Crippen LogP contribution is 2.30. The average molecular weight is 446 g/mol. The van der Waals surface area contributed by atoms with Crippen molar-refractivity contribution < 1.29 is 17.6 Å². The number of anilines is 1. The number of hydrogen-bond donors (Lipinski definition) is 2. The Kier molecular flexibility index (Phi) is 5.59. The topological polar surface area (TPSA) is 92.5 Å². The van der Waals surface area contributed by atoms with Crippen molar-refractivity contribution in [1.29, 1.82) is 0 Å². The Morgan fingerprint density at radius 2 is 1.97 bits per heavy atom. The molecule has 1 aliphatic rings.